The molecule has 2 amide bonds. The van der Waals surface area contributed by atoms with Gasteiger partial charge in [0.15, 0.2) is 5.60 Å². The molecule has 3 aromatic rings. The van der Waals surface area contributed by atoms with Crippen LogP contribution in [0.1, 0.15) is 16.9 Å². The number of nitrogens with one attached hydrogen (secondary N) is 2. The van der Waals surface area contributed by atoms with Crippen LogP contribution in [0.4, 0.5) is 5.69 Å². The SMILES string of the molecule is COc1ccc(C)cc1NC(=O)C(=O)NC[C@@](O)(c1ccoc1)c1ccco1. The Balaban J connectivity index is 1.72. The highest BCUT2D eigenvalue weighted by Crippen LogP contribution is 2.30. The van der Waals surface area contributed by atoms with Crippen molar-refractivity contribution in [2.45, 2.75) is 12.5 Å². The third-order valence-electron chi connectivity index (χ3n) is 4.24. The molecule has 0 aliphatic carbocycles. The number of ether oxygens (including phenoxy) is 1. The van der Waals surface area contributed by atoms with Gasteiger partial charge in [0.1, 0.15) is 11.5 Å². The maximum atomic E-state index is 12.3. The highest BCUT2D eigenvalue weighted by atomic mass is 16.5. The van der Waals surface area contributed by atoms with Crippen molar-refractivity contribution in [1.82, 2.24) is 5.32 Å². The average molecular weight is 384 g/mol. The number of amides is 2. The number of carbonyl (C=O) groups excluding carboxylic acids is 2. The maximum absolute atomic E-state index is 12.3. The van der Waals surface area contributed by atoms with E-state index in [4.69, 9.17) is 13.6 Å². The van der Waals surface area contributed by atoms with Crippen molar-refractivity contribution >= 4 is 17.5 Å². The van der Waals surface area contributed by atoms with E-state index in [0.29, 0.717) is 17.0 Å². The minimum Gasteiger partial charge on any atom is -0.495 e. The van der Waals surface area contributed by atoms with Gasteiger partial charge in [-0.05, 0) is 42.8 Å². The number of carbonyl (C=O) groups is 2. The van der Waals surface area contributed by atoms with Crippen LogP contribution < -0.4 is 15.4 Å². The summed E-state index contributed by atoms with van der Waals surface area (Å²) in [6.45, 7) is 1.56. The Morgan fingerprint density at radius 1 is 1.18 bits per heavy atom. The molecule has 146 valence electrons. The number of hydrogen-bond acceptors (Lipinski definition) is 6. The number of benzene rings is 1. The summed E-state index contributed by atoms with van der Waals surface area (Å²) in [5.74, 6) is -1.18. The number of furan rings is 2. The highest BCUT2D eigenvalue weighted by molar-refractivity contribution is 6.39. The Morgan fingerprint density at radius 2 is 2.00 bits per heavy atom. The Bertz CT molecular complexity index is 913. The molecule has 0 aliphatic rings. The van der Waals surface area contributed by atoms with E-state index in [1.54, 1.807) is 30.3 Å². The second-order valence-electron chi connectivity index (χ2n) is 6.19. The summed E-state index contributed by atoms with van der Waals surface area (Å²) >= 11 is 0. The summed E-state index contributed by atoms with van der Waals surface area (Å²) in [6.07, 6.45) is 4.13. The maximum Gasteiger partial charge on any atom is 0.313 e. The van der Waals surface area contributed by atoms with E-state index in [1.807, 2.05) is 13.0 Å². The summed E-state index contributed by atoms with van der Waals surface area (Å²) in [5.41, 5.74) is -0.0426. The quantitative estimate of drug-likeness (QED) is 0.562. The fraction of sp³-hybridized carbons (Fsp3) is 0.200. The van der Waals surface area contributed by atoms with Crippen molar-refractivity contribution in [3.63, 3.8) is 0 Å². The highest BCUT2D eigenvalue weighted by Gasteiger charge is 2.36. The normalized spacial score (nSPS) is 12.8. The number of methoxy groups -OCH3 is 1. The fourth-order valence-electron chi connectivity index (χ4n) is 2.73. The molecular formula is C20H20N2O6. The smallest absolute Gasteiger partial charge is 0.313 e. The molecule has 3 N–H and O–H groups in total. The molecular weight excluding hydrogens is 364 g/mol. The van der Waals surface area contributed by atoms with Crippen molar-refractivity contribution in [1.29, 1.82) is 0 Å². The van der Waals surface area contributed by atoms with Gasteiger partial charge in [0, 0.05) is 5.56 Å². The van der Waals surface area contributed by atoms with Gasteiger partial charge in [0.25, 0.3) is 0 Å². The predicted octanol–water partition coefficient (Wildman–Crippen LogP) is 2.18. The van der Waals surface area contributed by atoms with Crippen LogP contribution >= 0.6 is 0 Å². The molecule has 3 rings (SSSR count). The van der Waals surface area contributed by atoms with E-state index in [-0.39, 0.29) is 12.3 Å². The van der Waals surface area contributed by atoms with E-state index in [2.05, 4.69) is 10.6 Å². The monoisotopic (exact) mass is 384 g/mol. The lowest BCUT2D eigenvalue weighted by Crippen LogP contribution is -2.45. The summed E-state index contributed by atoms with van der Waals surface area (Å²) in [4.78, 5) is 24.6. The zero-order valence-corrected chi connectivity index (χ0v) is 15.4. The third-order valence-corrected chi connectivity index (χ3v) is 4.24. The van der Waals surface area contributed by atoms with E-state index < -0.39 is 17.4 Å². The molecule has 0 fully saturated rings. The van der Waals surface area contributed by atoms with Crippen LogP contribution in [0.3, 0.4) is 0 Å². The van der Waals surface area contributed by atoms with Gasteiger partial charge in [-0.15, -0.1) is 0 Å². The van der Waals surface area contributed by atoms with Crippen molar-refractivity contribution in [2.24, 2.45) is 0 Å². The van der Waals surface area contributed by atoms with Gasteiger partial charge < -0.3 is 29.3 Å². The number of hydrogen-bond donors (Lipinski definition) is 3. The molecule has 8 heteroatoms. The Kier molecular flexibility index (Phi) is 5.51. The van der Waals surface area contributed by atoms with E-state index in [1.165, 1.54) is 25.9 Å². The first-order chi connectivity index (χ1) is 13.4. The second-order valence-corrected chi connectivity index (χ2v) is 6.19. The van der Waals surface area contributed by atoms with Crippen LogP contribution in [0, 0.1) is 6.92 Å². The van der Waals surface area contributed by atoms with Crippen LogP contribution in [0.2, 0.25) is 0 Å². The second kappa shape index (κ2) is 8.01. The first kappa shape index (κ1) is 19.2. The first-order valence-corrected chi connectivity index (χ1v) is 8.47. The summed E-state index contributed by atoms with van der Waals surface area (Å²) in [6, 6.07) is 9.93. The van der Waals surface area contributed by atoms with Gasteiger partial charge in [0.05, 0.1) is 38.1 Å². The topological polar surface area (TPSA) is 114 Å². The number of aliphatic hydroxyl groups is 1. The summed E-state index contributed by atoms with van der Waals surface area (Å²) in [7, 11) is 1.47. The lowest BCUT2D eigenvalue weighted by molar-refractivity contribution is -0.136. The lowest BCUT2D eigenvalue weighted by Gasteiger charge is -2.25. The van der Waals surface area contributed by atoms with Crippen LogP contribution in [0.25, 0.3) is 0 Å². The Labute approximate surface area is 161 Å². The zero-order chi connectivity index (χ0) is 20.1. The van der Waals surface area contributed by atoms with E-state index in [9.17, 15) is 14.7 Å². The zero-order valence-electron chi connectivity index (χ0n) is 15.4. The van der Waals surface area contributed by atoms with Gasteiger partial charge in [-0.2, -0.15) is 0 Å². The molecule has 8 nitrogen and oxygen atoms in total. The van der Waals surface area contributed by atoms with Crippen molar-refractivity contribution in [3.05, 3.63) is 72.1 Å². The molecule has 0 saturated heterocycles. The van der Waals surface area contributed by atoms with Gasteiger partial charge >= 0.3 is 11.8 Å². The Hall–Kier alpha value is -3.52. The number of aryl methyl sites for hydroxylation is 1. The predicted molar refractivity (Wildman–Crippen MR) is 99.8 cm³/mol. The summed E-state index contributed by atoms with van der Waals surface area (Å²) < 4.78 is 15.5. The fourth-order valence-corrected chi connectivity index (χ4v) is 2.73. The van der Waals surface area contributed by atoms with Crippen molar-refractivity contribution in [3.8, 4) is 5.75 Å². The van der Waals surface area contributed by atoms with Crippen LogP contribution in [-0.4, -0.2) is 30.6 Å². The van der Waals surface area contributed by atoms with Gasteiger partial charge in [-0.1, -0.05) is 6.07 Å². The first-order valence-electron chi connectivity index (χ1n) is 8.47. The molecule has 0 unspecified atom stereocenters. The molecule has 2 aromatic heterocycles. The molecule has 0 aliphatic heterocycles. The van der Waals surface area contributed by atoms with Crippen LogP contribution in [-0.2, 0) is 15.2 Å². The van der Waals surface area contributed by atoms with Gasteiger partial charge in [0.2, 0.25) is 0 Å². The average Bonchev–Trinajstić information content (AvgIpc) is 3.40. The minimum absolute atomic E-state index is 0.204. The molecule has 0 spiro atoms. The van der Waals surface area contributed by atoms with Crippen LogP contribution in [0.15, 0.2) is 64.0 Å². The van der Waals surface area contributed by atoms with Gasteiger partial charge in [-0.3, -0.25) is 9.59 Å². The number of rotatable bonds is 6. The Morgan fingerprint density at radius 3 is 2.64 bits per heavy atom. The largest absolute Gasteiger partial charge is 0.495 e. The molecule has 1 aromatic carbocycles. The molecule has 1 atom stereocenters. The van der Waals surface area contributed by atoms with Crippen molar-refractivity contribution in [2.75, 3.05) is 19.0 Å². The molecule has 2 heterocycles. The molecule has 0 radical (unpaired) electrons. The number of anilines is 1. The van der Waals surface area contributed by atoms with Crippen molar-refractivity contribution < 1.29 is 28.3 Å². The lowest BCUT2D eigenvalue weighted by atomic mass is 9.93. The van der Waals surface area contributed by atoms with E-state index >= 15 is 0 Å². The van der Waals surface area contributed by atoms with E-state index in [0.717, 1.165) is 5.56 Å². The van der Waals surface area contributed by atoms with Gasteiger partial charge in [-0.25, -0.2) is 0 Å². The van der Waals surface area contributed by atoms with Crippen LogP contribution in [0.5, 0.6) is 5.75 Å². The standard InChI is InChI=1S/C20H20N2O6/c1-13-5-6-16(26-2)15(10-13)22-19(24)18(23)21-12-20(25,14-7-9-27-11-14)17-4-3-8-28-17/h3-11,25H,12H2,1-2H3,(H,21,23)(H,22,24)/t20-/m1/s1. The minimum atomic E-state index is -1.69. The molecule has 0 saturated carbocycles. The summed E-state index contributed by atoms with van der Waals surface area (Å²) in [5, 5.41) is 16.0. The molecule has 28 heavy (non-hydrogen) atoms. The molecule has 0 bridgehead atoms. The third kappa shape index (κ3) is 3.91.